The Morgan fingerprint density at radius 2 is 1.75 bits per heavy atom. The lowest BCUT2D eigenvalue weighted by Gasteiger charge is -2.12. The van der Waals surface area contributed by atoms with Gasteiger partial charge in [0.15, 0.2) is 16.9 Å². The van der Waals surface area contributed by atoms with E-state index in [1.165, 1.54) is 35.6 Å². The van der Waals surface area contributed by atoms with E-state index in [-0.39, 0.29) is 23.5 Å². The number of hydrogen-bond donors (Lipinski definition) is 1. The molecule has 0 fully saturated rings. The van der Waals surface area contributed by atoms with Gasteiger partial charge in [-0.2, -0.15) is 0 Å². The van der Waals surface area contributed by atoms with Crippen LogP contribution in [0.15, 0.2) is 71.5 Å². The highest BCUT2D eigenvalue weighted by molar-refractivity contribution is 7.22. The van der Waals surface area contributed by atoms with Crippen molar-refractivity contribution in [3.8, 4) is 22.6 Å². The smallest absolute Gasteiger partial charge is 0.269 e. The third kappa shape index (κ3) is 3.44. The molecule has 0 spiro atoms. The van der Waals surface area contributed by atoms with Crippen molar-refractivity contribution < 1.29 is 19.2 Å². The molecular formula is C23H14N2O6S. The van der Waals surface area contributed by atoms with E-state index >= 15 is 0 Å². The number of fused-ring (bicyclic) bond motifs is 2. The van der Waals surface area contributed by atoms with E-state index in [1.54, 1.807) is 30.3 Å². The molecule has 1 N–H and O–H groups in total. The second kappa shape index (κ2) is 7.78. The lowest BCUT2D eigenvalue weighted by molar-refractivity contribution is -0.384. The summed E-state index contributed by atoms with van der Waals surface area (Å²) < 4.78 is 11.5. The Morgan fingerprint density at radius 1 is 1.00 bits per heavy atom. The first-order valence-corrected chi connectivity index (χ1v) is 10.3. The van der Waals surface area contributed by atoms with Crippen LogP contribution in [0, 0.1) is 10.1 Å². The maximum atomic E-state index is 13.4. The molecule has 1 aromatic heterocycles. The van der Waals surface area contributed by atoms with Crippen LogP contribution in [0.2, 0.25) is 0 Å². The maximum Gasteiger partial charge on any atom is 0.269 e. The summed E-state index contributed by atoms with van der Waals surface area (Å²) in [5.41, 5.74) is 0.817. The third-order valence-corrected chi connectivity index (χ3v) is 6.11. The van der Waals surface area contributed by atoms with Gasteiger partial charge in [0.1, 0.15) is 5.00 Å². The molecule has 32 heavy (non-hydrogen) atoms. The first-order chi connectivity index (χ1) is 15.5. The first kappa shape index (κ1) is 19.7. The monoisotopic (exact) mass is 446 g/mol. The number of benzene rings is 3. The molecule has 158 valence electrons. The Bertz CT molecular complexity index is 1450. The molecule has 0 unspecified atom stereocenters. The molecule has 8 nitrogen and oxygen atoms in total. The Balaban J connectivity index is 1.61. The molecule has 0 radical (unpaired) electrons. The fourth-order valence-electron chi connectivity index (χ4n) is 3.45. The predicted octanol–water partition coefficient (Wildman–Crippen LogP) is 4.82. The standard InChI is InChI=1S/C23H14N2O6S/c26-21-16-3-1-2-4-19(16)32-23(20(21)14-7-10-17-18(11-14)31-12-30-17)24-22(27)13-5-8-15(9-6-13)25(28)29/h1-11H,12H2,(H,24,27). The third-order valence-electron chi connectivity index (χ3n) is 5.03. The van der Waals surface area contributed by atoms with Crippen molar-refractivity contribution in [3.05, 3.63) is 92.6 Å². The van der Waals surface area contributed by atoms with E-state index in [0.29, 0.717) is 33.0 Å². The molecule has 3 aromatic carbocycles. The number of anilines is 1. The molecule has 0 aliphatic carbocycles. The first-order valence-electron chi connectivity index (χ1n) is 9.53. The summed E-state index contributed by atoms with van der Waals surface area (Å²) in [5.74, 6) is 0.627. The van der Waals surface area contributed by atoms with Crippen molar-refractivity contribution in [2.24, 2.45) is 0 Å². The largest absolute Gasteiger partial charge is 0.454 e. The summed E-state index contributed by atoms with van der Waals surface area (Å²) in [4.78, 5) is 36.6. The maximum absolute atomic E-state index is 13.4. The minimum atomic E-state index is -0.533. The molecule has 1 aliphatic heterocycles. The molecule has 0 bridgehead atoms. The quantitative estimate of drug-likeness (QED) is 0.356. The molecule has 2 heterocycles. The van der Waals surface area contributed by atoms with Crippen molar-refractivity contribution in [2.45, 2.75) is 0 Å². The molecular weight excluding hydrogens is 432 g/mol. The van der Waals surface area contributed by atoms with Crippen LogP contribution >= 0.6 is 11.3 Å². The number of nitro benzene ring substituents is 1. The van der Waals surface area contributed by atoms with E-state index in [0.717, 1.165) is 4.70 Å². The van der Waals surface area contributed by atoms with Gasteiger partial charge in [-0.3, -0.25) is 19.7 Å². The van der Waals surface area contributed by atoms with Crippen LogP contribution in [-0.4, -0.2) is 17.6 Å². The highest BCUT2D eigenvalue weighted by Gasteiger charge is 2.21. The number of ether oxygens (including phenoxy) is 2. The number of non-ortho nitro benzene ring substituents is 1. The summed E-state index contributed by atoms with van der Waals surface area (Å²) in [7, 11) is 0. The number of hydrogen-bond acceptors (Lipinski definition) is 7. The van der Waals surface area contributed by atoms with Gasteiger partial charge in [-0.25, -0.2) is 0 Å². The minimum Gasteiger partial charge on any atom is -0.454 e. The normalized spacial score (nSPS) is 12.0. The van der Waals surface area contributed by atoms with Gasteiger partial charge in [-0.15, -0.1) is 11.3 Å². The van der Waals surface area contributed by atoms with Gasteiger partial charge in [0, 0.05) is 27.8 Å². The second-order valence-electron chi connectivity index (χ2n) is 6.96. The topological polar surface area (TPSA) is 108 Å². The minimum absolute atomic E-state index is 0.104. The summed E-state index contributed by atoms with van der Waals surface area (Å²) in [6.45, 7) is 0.104. The zero-order valence-corrected chi connectivity index (χ0v) is 17.2. The highest BCUT2D eigenvalue weighted by Crippen LogP contribution is 2.39. The molecule has 0 atom stereocenters. The van der Waals surface area contributed by atoms with E-state index in [4.69, 9.17) is 9.47 Å². The Kier molecular flexibility index (Phi) is 4.79. The van der Waals surface area contributed by atoms with Crippen molar-refractivity contribution in [2.75, 3.05) is 12.1 Å². The predicted molar refractivity (Wildman–Crippen MR) is 121 cm³/mol. The number of carbonyl (C=O) groups is 1. The van der Waals surface area contributed by atoms with Crippen LogP contribution in [0.1, 0.15) is 10.4 Å². The van der Waals surface area contributed by atoms with Crippen molar-refractivity contribution in [1.82, 2.24) is 0 Å². The summed E-state index contributed by atoms with van der Waals surface area (Å²) in [5, 5.41) is 14.6. The van der Waals surface area contributed by atoms with Crippen molar-refractivity contribution in [3.63, 3.8) is 0 Å². The summed E-state index contributed by atoms with van der Waals surface area (Å²) in [6.07, 6.45) is 0. The van der Waals surface area contributed by atoms with Gasteiger partial charge < -0.3 is 14.8 Å². The zero-order chi connectivity index (χ0) is 22.2. The second-order valence-corrected chi connectivity index (χ2v) is 8.01. The molecule has 5 rings (SSSR count). The van der Waals surface area contributed by atoms with E-state index < -0.39 is 10.8 Å². The summed E-state index contributed by atoms with van der Waals surface area (Å²) >= 11 is 1.27. The van der Waals surface area contributed by atoms with Crippen LogP contribution in [0.25, 0.3) is 21.2 Å². The number of nitrogens with zero attached hydrogens (tertiary/aromatic N) is 1. The van der Waals surface area contributed by atoms with Crippen LogP contribution < -0.4 is 20.2 Å². The van der Waals surface area contributed by atoms with Gasteiger partial charge in [0.25, 0.3) is 11.6 Å². The SMILES string of the molecule is O=C(Nc1sc2ccccc2c(=O)c1-c1ccc2c(c1)OCO2)c1ccc([N+](=O)[O-])cc1. The van der Waals surface area contributed by atoms with Crippen molar-refractivity contribution in [1.29, 1.82) is 0 Å². The van der Waals surface area contributed by atoms with Crippen LogP contribution in [0.3, 0.4) is 0 Å². The molecule has 1 aliphatic rings. The van der Waals surface area contributed by atoms with Crippen LogP contribution in [0.4, 0.5) is 10.7 Å². The molecule has 4 aromatic rings. The Hall–Kier alpha value is -4.24. The van der Waals surface area contributed by atoms with Gasteiger partial charge >= 0.3 is 0 Å². The van der Waals surface area contributed by atoms with Gasteiger partial charge in [0.2, 0.25) is 6.79 Å². The fraction of sp³-hybridized carbons (Fsp3) is 0.0435. The van der Waals surface area contributed by atoms with Gasteiger partial charge in [-0.1, -0.05) is 18.2 Å². The highest BCUT2D eigenvalue weighted by atomic mass is 32.1. The Morgan fingerprint density at radius 3 is 2.53 bits per heavy atom. The average molecular weight is 446 g/mol. The molecule has 1 amide bonds. The van der Waals surface area contributed by atoms with E-state index in [1.807, 2.05) is 12.1 Å². The van der Waals surface area contributed by atoms with E-state index in [9.17, 15) is 19.7 Å². The zero-order valence-electron chi connectivity index (χ0n) is 16.4. The van der Waals surface area contributed by atoms with E-state index in [2.05, 4.69) is 5.32 Å². The Labute approximate surface area is 184 Å². The number of rotatable bonds is 4. The summed E-state index contributed by atoms with van der Waals surface area (Å²) in [6, 6.07) is 17.6. The molecule has 9 heteroatoms. The average Bonchev–Trinajstić information content (AvgIpc) is 3.27. The fourth-order valence-corrected chi connectivity index (χ4v) is 4.55. The number of nitrogens with one attached hydrogen (secondary N) is 1. The number of carbonyl (C=O) groups excluding carboxylic acids is 1. The van der Waals surface area contributed by atoms with Crippen LogP contribution in [0.5, 0.6) is 11.5 Å². The van der Waals surface area contributed by atoms with Gasteiger partial charge in [-0.05, 0) is 42.0 Å². The lowest BCUT2D eigenvalue weighted by Crippen LogP contribution is -2.15. The lowest BCUT2D eigenvalue weighted by atomic mass is 10.0. The number of nitro groups is 1. The molecule has 0 saturated heterocycles. The molecule has 0 saturated carbocycles. The van der Waals surface area contributed by atoms with Gasteiger partial charge in [0.05, 0.1) is 10.5 Å². The number of amides is 1. The van der Waals surface area contributed by atoms with Crippen LogP contribution in [-0.2, 0) is 0 Å². The van der Waals surface area contributed by atoms with Crippen molar-refractivity contribution >= 4 is 38.0 Å².